The zero-order chi connectivity index (χ0) is 18.8. The second-order valence-electron chi connectivity index (χ2n) is 7.75. The fourth-order valence-corrected chi connectivity index (χ4v) is 5.32. The Morgan fingerprint density at radius 1 is 1.33 bits per heavy atom. The molecule has 1 saturated carbocycles. The van der Waals surface area contributed by atoms with Gasteiger partial charge in [-0.15, -0.1) is 0 Å². The van der Waals surface area contributed by atoms with Gasteiger partial charge in [-0.25, -0.2) is 8.42 Å². The second-order valence-corrected chi connectivity index (χ2v) is 9.69. The van der Waals surface area contributed by atoms with Crippen LogP contribution in [-0.2, 0) is 22.0 Å². The van der Waals surface area contributed by atoms with Crippen LogP contribution < -0.4 is 4.74 Å². The van der Waals surface area contributed by atoms with E-state index in [9.17, 15) is 13.5 Å². The summed E-state index contributed by atoms with van der Waals surface area (Å²) in [6.45, 7) is 2.06. The molecule has 2 fully saturated rings. The van der Waals surface area contributed by atoms with Gasteiger partial charge in [-0.3, -0.25) is 0 Å². The number of aliphatic hydroxyl groups is 1. The first kappa shape index (κ1) is 17.2. The molecule has 0 bridgehead atoms. The molecule has 1 N–H and O–H groups in total. The lowest BCUT2D eigenvalue weighted by molar-refractivity contribution is 0.0194. The quantitative estimate of drug-likeness (QED) is 0.843. The van der Waals surface area contributed by atoms with Crippen molar-refractivity contribution in [2.45, 2.75) is 55.1 Å². The highest BCUT2D eigenvalue weighted by molar-refractivity contribution is 7.89. The molecule has 1 aliphatic carbocycles. The maximum atomic E-state index is 13.1. The molecule has 0 amide bonds. The highest BCUT2D eigenvalue weighted by Gasteiger charge is 2.47. The van der Waals surface area contributed by atoms with Crippen LogP contribution in [0.5, 0.6) is 5.75 Å². The molecule has 2 atom stereocenters. The Bertz CT molecular complexity index is 1000. The highest BCUT2D eigenvalue weighted by atomic mass is 32.2. The van der Waals surface area contributed by atoms with Gasteiger partial charge in [-0.1, -0.05) is 5.16 Å². The maximum Gasteiger partial charge on any atom is 0.260 e. The number of sulfonamides is 1. The predicted molar refractivity (Wildman–Crippen MR) is 93.8 cm³/mol. The summed E-state index contributed by atoms with van der Waals surface area (Å²) >= 11 is 0. The number of β-amino-alcohol motifs (C(OH)–C–C–N with tert-alkyl or cyclic N) is 1. The van der Waals surface area contributed by atoms with Crippen LogP contribution in [0.3, 0.4) is 0 Å². The molecule has 27 heavy (non-hydrogen) atoms. The van der Waals surface area contributed by atoms with Gasteiger partial charge in [0.2, 0.25) is 10.0 Å². The van der Waals surface area contributed by atoms with E-state index in [1.165, 1.54) is 4.31 Å². The fourth-order valence-electron chi connectivity index (χ4n) is 3.78. The first-order valence-electron chi connectivity index (χ1n) is 9.21. The minimum atomic E-state index is -3.73. The van der Waals surface area contributed by atoms with Crippen LogP contribution in [0.2, 0.25) is 0 Å². The smallest absolute Gasteiger partial charge is 0.260 e. The number of hydrogen-bond acceptors (Lipinski definition) is 7. The summed E-state index contributed by atoms with van der Waals surface area (Å²) in [5.41, 5.74) is -0.550. The number of aromatic nitrogens is 2. The molecule has 3 aliphatic rings. The van der Waals surface area contributed by atoms with Crippen LogP contribution in [0.1, 0.15) is 49.4 Å². The lowest BCUT2D eigenvalue weighted by atomic mass is 10.0. The standard InChI is InChI=1S/C18H21N3O5S/c1-11-8-13-9-14(4-5-15(13)25-11)27(23,24)21-7-6-18(22,10-21)17-19-16(20-26-17)12-2-3-12/h4-5,9,11-12,22H,2-3,6-8,10H2,1H3/t11-,18+/m0/s1. The Kier molecular flexibility index (Phi) is 3.66. The Morgan fingerprint density at radius 2 is 2.15 bits per heavy atom. The number of ether oxygens (including phenoxy) is 1. The molecule has 0 spiro atoms. The first-order valence-corrected chi connectivity index (χ1v) is 10.7. The number of fused-ring (bicyclic) bond motifs is 1. The minimum absolute atomic E-state index is 0.0491. The number of hydrogen-bond donors (Lipinski definition) is 1. The third kappa shape index (κ3) is 2.84. The molecule has 1 aromatic carbocycles. The van der Waals surface area contributed by atoms with Crippen LogP contribution in [0, 0.1) is 0 Å². The monoisotopic (exact) mass is 391 g/mol. The molecule has 1 aromatic heterocycles. The number of nitrogens with zero attached hydrogens (tertiary/aromatic N) is 3. The van der Waals surface area contributed by atoms with Crippen molar-refractivity contribution in [3.63, 3.8) is 0 Å². The van der Waals surface area contributed by atoms with E-state index in [1.807, 2.05) is 6.92 Å². The third-order valence-corrected chi connectivity index (χ3v) is 7.34. The normalized spacial score (nSPS) is 28.3. The van der Waals surface area contributed by atoms with Crippen molar-refractivity contribution in [3.05, 3.63) is 35.5 Å². The summed E-state index contributed by atoms with van der Waals surface area (Å²) in [6.07, 6.45) is 3.02. The van der Waals surface area contributed by atoms with Crippen LogP contribution >= 0.6 is 0 Å². The summed E-state index contributed by atoms with van der Waals surface area (Å²) in [6, 6.07) is 4.93. The molecule has 1 saturated heterocycles. The minimum Gasteiger partial charge on any atom is -0.490 e. The van der Waals surface area contributed by atoms with E-state index in [-0.39, 0.29) is 36.4 Å². The van der Waals surface area contributed by atoms with E-state index in [4.69, 9.17) is 9.26 Å². The molecule has 144 valence electrons. The van der Waals surface area contributed by atoms with Crippen molar-refractivity contribution in [3.8, 4) is 5.75 Å². The predicted octanol–water partition coefficient (Wildman–Crippen LogP) is 1.55. The van der Waals surface area contributed by atoms with Crippen LogP contribution in [0.25, 0.3) is 0 Å². The van der Waals surface area contributed by atoms with E-state index < -0.39 is 15.6 Å². The molecule has 5 rings (SSSR count). The molecule has 3 heterocycles. The van der Waals surface area contributed by atoms with Gasteiger partial charge in [0.05, 0.1) is 11.4 Å². The molecular weight excluding hydrogens is 370 g/mol. The summed E-state index contributed by atoms with van der Waals surface area (Å²) in [7, 11) is -3.73. The average molecular weight is 391 g/mol. The van der Waals surface area contributed by atoms with E-state index in [0.29, 0.717) is 18.2 Å². The SMILES string of the molecule is C[C@H]1Cc2cc(S(=O)(=O)N3CC[C@](O)(c4nc(C5CC5)no4)C3)ccc2O1. The zero-order valence-corrected chi connectivity index (χ0v) is 15.8. The molecule has 0 unspecified atom stereocenters. The first-order chi connectivity index (χ1) is 12.8. The van der Waals surface area contributed by atoms with Crippen molar-refractivity contribution < 1.29 is 22.8 Å². The van der Waals surface area contributed by atoms with Gasteiger partial charge in [0, 0.05) is 25.3 Å². The second kappa shape index (κ2) is 5.76. The fraction of sp³-hybridized carbons (Fsp3) is 0.556. The van der Waals surface area contributed by atoms with E-state index in [1.54, 1.807) is 18.2 Å². The van der Waals surface area contributed by atoms with Crippen molar-refractivity contribution in [1.29, 1.82) is 0 Å². The molecule has 2 aromatic rings. The van der Waals surface area contributed by atoms with E-state index in [0.717, 1.165) is 24.2 Å². The topological polar surface area (TPSA) is 106 Å². The van der Waals surface area contributed by atoms with Crippen molar-refractivity contribution in [2.75, 3.05) is 13.1 Å². The van der Waals surface area contributed by atoms with Gasteiger partial charge in [-0.2, -0.15) is 9.29 Å². The summed E-state index contributed by atoms with van der Waals surface area (Å²) in [5.74, 6) is 1.76. The van der Waals surface area contributed by atoms with Gasteiger partial charge in [0.25, 0.3) is 5.89 Å². The molecule has 9 heteroatoms. The summed E-state index contributed by atoms with van der Waals surface area (Å²) in [4.78, 5) is 4.52. The largest absolute Gasteiger partial charge is 0.490 e. The summed E-state index contributed by atoms with van der Waals surface area (Å²) < 4.78 is 38.3. The Hall–Kier alpha value is -1.97. The lowest BCUT2D eigenvalue weighted by Crippen LogP contribution is -2.34. The van der Waals surface area contributed by atoms with Crippen LogP contribution in [-0.4, -0.2) is 47.2 Å². The van der Waals surface area contributed by atoms with E-state index >= 15 is 0 Å². The maximum absolute atomic E-state index is 13.1. The van der Waals surface area contributed by atoms with Crippen molar-refractivity contribution in [1.82, 2.24) is 14.4 Å². The highest BCUT2D eigenvalue weighted by Crippen LogP contribution is 2.40. The summed E-state index contributed by atoms with van der Waals surface area (Å²) in [5, 5.41) is 14.9. The van der Waals surface area contributed by atoms with Gasteiger partial charge < -0.3 is 14.4 Å². The molecule has 2 aliphatic heterocycles. The molecule has 0 radical (unpaired) electrons. The van der Waals surface area contributed by atoms with Crippen molar-refractivity contribution >= 4 is 10.0 Å². The average Bonchev–Trinajstić information content (AvgIpc) is 3.05. The van der Waals surface area contributed by atoms with Gasteiger partial charge in [0.15, 0.2) is 11.4 Å². The van der Waals surface area contributed by atoms with Crippen LogP contribution in [0.15, 0.2) is 27.6 Å². The Labute approximate surface area is 157 Å². The van der Waals surface area contributed by atoms with Gasteiger partial charge >= 0.3 is 0 Å². The molecular formula is C18H21N3O5S. The van der Waals surface area contributed by atoms with Gasteiger partial charge in [0.1, 0.15) is 11.9 Å². The third-order valence-electron chi connectivity index (χ3n) is 5.50. The number of benzene rings is 1. The Morgan fingerprint density at radius 3 is 2.93 bits per heavy atom. The molecule has 8 nitrogen and oxygen atoms in total. The van der Waals surface area contributed by atoms with Gasteiger partial charge in [-0.05, 0) is 43.5 Å². The number of rotatable bonds is 4. The van der Waals surface area contributed by atoms with E-state index in [2.05, 4.69) is 10.1 Å². The lowest BCUT2D eigenvalue weighted by Gasteiger charge is -2.20. The zero-order valence-electron chi connectivity index (χ0n) is 15.0. The van der Waals surface area contributed by atoms with Crippen LogP contribution in [0.4, 0.5) is 0 Å². The van der Waals surface area contributed by atoms with Crippen molar-refractivity contribution in [2.24, 2.45) is 0 Å². The Balaban J connectivity index is 1.39.